The van der Waals surface area contributed by atoms with E-state index in [9.17, 15) is 14.4 Å². The van der Waals surface area contributed by atoms with E-state index in [0.717, 1.165) is 0 Å². The van der Waals surface area contributed by atoms with E-state index in [0.29, 0.717) is 25.9 Å². The van der Waals surface area contributed by atoms with Crippen LogP contribution in [0.5, 0.6) is 0 Å². The fourth-order valence-corrected chi connectivity index (χ4v) is 2.01. The van der Waals surface area contributed by atoms with Crippen LogP contribution >= 0.6 is 0 Å². The average Bonchev–Trinajstić information content (AvgIpc) is 2.28. The predicted octanol–water partition coefficient (Wildman–Crippen LogP) is -0.243. The first kappa shape index (κ1) is 14.4. The van der Waals surface area contributed by atoms with Gasteiger partial charge in [-0.3, -0.25) is 19.8 Å². The van der Waals surface area contributed by atoms with E-state index in [4.69, 9.17) is 10.8 Å². The molecule has 0 saturated carbocycles. The van der Waals surface area contributed by atoms with Crippen molar-refractivity contribution in [3.63, 3.8) is 0 Å². The van der Waals surface area contributed by atoms with E-state index in [1.165, 1.54) is 0 Å². The molecule has 1 aliphatic heterocycles. The number of hydrogen-bond donors (Lipinski definition) is 3. The molecule has 0 aromatic rings. The summed E-state index contributed by atoms with van der Waals surface area (Å²) in [5, 5.41) is 11.1. The number of likely N-dealkylation sites (tertiary alicyclic amines) is 1. The number of urea groups is 1. The van der Waals surface area contributed by atoms with Crippen molar-refractivity contribution < 1.29 is 19.5 Å². The number of piperidine rings is 1. The SMILES string of the molecule is CC(C(=O)NC(N)=O)N1CCC(C)(C(=O)O)CC1. The molecule has 0 aromatic carbocycles. The maximum atomic E-state index is 11.6. The van der Waals surface area contributed by atoms with E-state index >= 15 is 0 Å². The lowest BCUT2D eigenvalue weighted by atomic mass is 9.80. The molecule has 1 atom stereocenters. The van der Waals surface area contributed by atoms with Crippen LogP contribution < -0.4 is 11.1 Å². The highest BCUT2D eigenvalue weighted by atomic mass is 16.4. The van der Waals surface area contributed by atoms with Crippen LogP contribution in [0.3, 0.4) is 0 Å². The molecule has 1 heterocycles. The number of nitrogens with zero attached hydrogens (tertiary/aromatic N) is 1. The van der Waals surface area contributed by atoms with Crippen LogP contribution in [0.4, 0.5) is 4.79 Å². The second kappa shape index (κ2) is 5.34. The van der Waals surface area contributed by atoms with Gasteiger partial charge in [-0.15, -0.1) is 0 Å². The third-order valence-electron chi connectivity index (χ3n) is 3.59. The van der Waals surface area contributed by atoms with Crippen molar-refractivity contribution in [2.45, 2.75) is 32.7 Å². The summed E-state index contributed by atoms with van der Waals surface area (Å²) in [6.07, 6.45) is 0.965. The molecule has 18 heavy (non-hydrogen) atoms. The van der Waals surface area contributed by atoms with Gasteiger partial charge in [-0.2, -0.15) is 0 Å². The zero-order chi connectivity index (χ0) is 13.9. The summed E-state index contributed by atoms with van der Waals surface area (Å²) < 4.78 is 0. The van der Waals surface area contributed by atoms with Crippen LogP contribution in [0.25, 0.3) is 0 Å². The van der Waals surface area contributed by atoms with Gasteiger partial charge in [0.2, 0.25) is 5.91 Å². The Morgan fingerprint density at radius 2 is 1.83 bits per heavy atom. The second-order valence-electron chi connectivity index (χ2n) is 4.93. The lowest BCUT2D eigenvalue weighted by Gasteiger charge is -2.38. The molecular weight excluding hydrogens is 238 g/mol. The number of carbonyl (C=O) groups is 3. The number of carbonyl (C=O) groups excluding carboxylic acids is 2. The summed E-state index contributed by atoms with van der Waals surface area (Å²) in [5.41, 5.74) is 4.15. The molecule has 102 valence electrons. The minimum atomic E-state index is -0.876. The number of carboxylic acid groups (broad SMARTS) is 1. The van der Waals surface area contributed by atoms with E-state index in [1.54, 1.807) is 13.8 Å². The molecule has 0 aromatic heterocycles. The van der Waals surface area contributed by atoms with E-state index in [2.05, 4.69) is 0 Å². The number of nitrogens with two attached hydrogens (primary N) is 1. The topological polar surface area (TPSA) is 113 Å². The predicted molar refractivity (Wildman–Crippen MR) is 63.7 cm³/mol. The van der Waals surface area contributed by atoms with Crippen molar-refractivity contribution in [3.05, 3.63) is 0 Å². The Bertz CT molecular complexity index is 361. The summed E-state index contributed by atoms with van der Waals surface area (Å²) in [6, 6.07) is -1.37. The summed E-state index contributed by atoms with van der Waals surface area (Å²) in [5.74, 6) is -1.27. The maximum absolute atomic E-state index is 11.6. The maximum Gasteiger partial charge on any atom is 0.318 e. The van der Waals surface area contributed by atoms with Crippen LogP contribution in [0, 0.1) is 5.41 Å². The molecule has 0 aliphatic carbocycles. The molecule has 1 unspecified atom stereocenters. The summed E-state index contributed by atoms with van der Waals surface area (Å²) in [6.45, 7) is 4.40. The molecule has 7 heteroatoms. The van der Waals surface area contributed by atoms with Crippen molar-refractivity contribution in [2.24, 2.45) is 11.1 Å². The Labute approximate surface area is 105 Å². The first-order chi connectivity index (χ1) is 8.26. The molecule has 0 spiro atoms. The summed E-state index contributed by atoms with van der Waals surface area (Å²) >= 11 is 0. The highest BCUT2D eigenvalue weighted by molar-refractivity contribution is 5.96. The number of rotatable bonds is 3. The van der Waals surface area contributed by atoms with E-state index in [1.807, 2.05) is 10.2 Å². The number of imide groups is 1. The first-order valence-electron chi connectivity index (χ1n) is 5.84. The second-order valence-corrected chi connectivity index (χ2v) is 4.93. The van der Waals surface area contributed by atoms with Gasteiger partial charge >= 0.3 is 12.0 Å². The van der Waals surface area contributed by atoms with Crippen LogP contribution in [0.15, 0.2) is 0 Å². The molecule has 1 rings (SSSR count). The number of carboxylic acids is 1. The Balaban J connectivity index is 2.55. The molecule has 1 fully saturated rings. The van der Waals surface area contributed by atoms with Gasteiger partial charge in [-0.25, -0.2) is 4.79 Å². The van der Waals surface area contributed by atoms with Gasteiger partial charge in [0.15, 0.2) is 0 Å². The van der Waals surface area contributed by atoms with Crippen molar-refractivity contribution in [1.82, 2.24) is 10.2 Å². The first-order valence-corrected chi connectivity index (χ1v) is 5.84. The number of hydrogen-bond acceptors (Lipinski definition) is 4. The van der Waals surface area contributed by atoms with Crippen LogP contribution in [0.1, 0.15) is 26.7 Å². The quantitative estimate of drug-likeness (QED) is 0.645. The molecule has 1 aliphatic rings. The van der Waals surface area contributed by atoms with Gasteiger partial charge in [0.1, 0.15) is 0 Å². The van der Waals surface area contributed by atoms with E-state index < -0.39 is 29.4 Å². The monoisotopic (exact) mass is 257 g/mol. The Morgan fingerprint density at radius 1 is 1.33 bits per heavy atom. The van der Waals surface area contributed by atoms with Crippen molar-refractivity contribution in [1.29, 1.82) is 0 Å². The highest BCUT2D eigenvalue weighted by Gasteiger charge is 2.38. The normalized spacial score (nSPS) is 21.0. The van der Waals surface area contributed by atoms with Gasteiger partial charge in [-0.05, 0) is 39.8 Å². The lowest BCUT2D eigenvalue weighted by molar-refractivity contribution is -0.151. The van der Waals surface area contributed by atoms with Gasteiger partial charge in [0.05, 0.1) is 11.5 Å². The zero-order valence-corrected chi connectivity index (χ0v) is 10.6. The van der Waals surface area contributed by atoms with Crippen LogP contribution in [0.2, 0.25) is 0 Å². The van der Waals surface area contributed by atoms with Gasteiger partial charge in [0, 0.05) is 0 Å². The minimum absolute atomic E-state index is 0.457. The number of aliphatic carboxylic acids is 1. The van der Waals surface area contributed by atoms with E-state index in [-0.39, 0.29) is 0 Å². The molecule has 0 radical (unpaired) electrons. The number of nitrogens with one attached hydrogen (secondary N) is 1. The number of primary amides is 1. The molecule has 7 nitrogen and oxygen atoms in total. The van der Waals surface area contributed by atoms with Crippen LogP contribution in [-0.2, 0) is 9.59 Å². The fourth-order valence-electron chi connectivity index (χ4n) is 2.01. The smallest absolute Gasteiger partial charge is 0.318 e. The van der Waals surface area contributed by atoms with Crippen molar-refractivity contribution >= 4 is 17.9 Å². The standard InChI is InChI=1S/C11H19N3O4/c1-7(8(15)13-10(12)18)14-5-3-11(2,4-6-14)9(16)17/h7H,3-6H2,1-2H3,(H,16,17)(H3,12,13,15,18). The molecule has 3 amide bonds. The molecular formula is C11H19N3O4. The molecule has 1 saturated heterocycles. The highest BCUT2D eigenvalue weighted by Crippen LogP contribution is 2.31. The molecule has 0 bridgehead atoms. The Morgan fingerprint density at radius 3 is 2.22 bits per heavy atom. The Hall–Kier alpha value is -1.63. The average molecular weight is 257 g/mol. The largest absolute Gasteiger partial charge is 0.481 e. The van der Waals surface area contributed by atoms with Gasteiger partial charge in [0.25, 0.3) is 0 Å². The zero-order valence-electron chi connectivity index (χ0n) is 10.6. The third kappa shape index (κ3) is 3.19. The third-order valence-corrected chi connectivity index (χ3v) is 3.59. The van der Waals surface area contributed by atoms with Crippen LogP contribution in [-0.4, -0.2) is 47.0 Å². The van der Waals surface area contributed by atoms with Gasteiger partial charge in [-0.1, -0.05) is 0 Å². The summed E-state index contributed by atoms with van der Waals surface area (Å²) in [7, 11) is 0. The lowest BCUT2D eigenvalue weighted by Crippen LogP contribution is -2.52. The number of amides is 3. The fraction of sp³-hybridized carbons (Fsp3) is 0.727. The summed E-state index contributed by atoms with van der Waals surface area (Å²) in [4.78, 5) is 35.1. The van der Waals surface area contributed by atoms with Gasteiger partial charge < -0.3 is 10.8 Å². The molecule has 4 N–H and O–H groups in total. The minimum Gasteiger partial charge on any atom is -0.481 e. The van der Waals surface area contributed by atoms with Crippen molar-refractivity contribution in [2.75, 3.05) is 13.1 Å². The Kier molecular flexibility index (Phi) is 4.28. The van der Waals surface area contributed by atoms with Crippen molar-refractivity contribution in [3.8, 4) is 0 Å².